The first-order valence-corrected chi connectivity index (χ1v) is 8.97. The Morgan fingerprint density at radius 2 is 2.00 bits per heavy atom. The molecule has 0 saturated heterocycles. The largest absolute Gasteiger partial charge is 0.480 e. The number of carbonyl (C=O) groups is 2. The van der Waals surface area contributed by atoms with Gasteiger partial charge in [-0.3, -0.25) is 9.59 Å². The number of benzene rings is 1. The molecule has 0 aliphatic heterocycles. The van der Waals surface area contributed by atoms with Crippen molar-refractivity contribution in [3.05, 3.63) is 48.2 Å². The normalized spacial score (nSPS) is 10.9. The van der Waals surface area contributed by atoms with Crippen LogP contribution in [0, 0.1) is 0 Å². The molecule has 0 aliphatic rings. The Hall–Kier alpha value is -3.26. The van der Waals surface area contributed by atoms with Crippen LogP contribution in [-0.2, 0) is 16.1 Å². The summed E-state index contributed by atoms with van der Waals surface area (Å²) < 4.78 is 6.74. The molecule has 3 aromatic rings. The van der Waals surface area contributed by atoms with Crippen LogP contribution in [0.5, 0.6) is 0 Å². The zero-order valence-corrected chi connectivity index (χ0v) is 15.8. The maximum atomic E-state index is 13.2. The minimum absolute atomic E-state index is 0.175. The molecular formula is C20H22N4O4. The van der Waals surface area contributed by atoms with E-state index < -0.39 is 12.5 Å². The van der Waals surface area contributed by atoms with Crippen molar-refractivity contribution in [2.24, 2.45) is 0 Å². The maximum absolute atomic E-state index is 13.2. The van der Waals surface area contributed by atoms with Gasteiger partial charge in [0.15, 0.2) is 5.65 Å². The van der Waals surface area contributed by atoms with Gasteiger partial charge in [0.05, 0.1) is 29.4 Å². The molecule has 28 heavy (non-hydrogen) atoms. The lowest BCUT2D eigenvalue weighted by Crippen LogP contribution is -2.38. The Morgan fingerprint density at radius 1 is 1.25 bits per heavy atom. The lowest BCUT2D eigenvalue weighted by Gasteiger charge is -2.21. The number of hydrogen-bond acceptors (Lipinski definition) is 5. The van der Waals surface area contributed by atoms with Crippen LogP contribution >= 0.6 is 0 Å². The highest BCUT2D eigenvalue weighted by Gasteiger charge is 2.23. The first kappa shape index (κ1) is 19.5. The number of fused-ring (bicyclic) bond motifs is 1. The molecule has 146 valence electrons. The Balaban J connectivity index is 2.13. The number of methoxy groups -OCH3 is 1. The molecule has 0 atom stereocenters. The fraction of sp³-hybridized carbons (Fsp3) is 0.300. The number of amides is 1. The average molecular weight is 382 g/mol. The number of nitrogens with zero attached hydrogens (tertiary/aromatic N) is 4. The van der Waals surface area contributed by atoms with E-state index in [0.717, 1.165) is 5.56 Å². The molecule has 0 spiro atoms. The third-order valence-electron chi connectivity index (χ3n) is 4.39. The molecule has 2 heterocycles. The number of ether oxygens (including phenoxy) is 1. The summed E-state index contributed by atoms with van der Waals surface area (Å²) >= 11 is 0. The van der Waals surface area contributed by atoms with Crippen LogP contribution in [0.1, 0.15) is 17.3 Å². The van der Waals surface area contributed by atoms with Crippen molar-refractivity contribution < 1.29 is 19.4 Å². The van der Waals surface area contributed by atoms with E-state index in [0.29, 0.717) is 28.8 Å². The van der Waals surface area contributed by atoms with Crippen LogP contribution in [0.25, 0.3) is 22.3 Å². The number of aliphatic carboxylic acids is 1. The predicted octanol–water partition coefficient (Wildman–Crippen LogP) is 2.29. The van der Waals surface area contributed by atoms with Crippen LogP contribution in [0.2, 0.25) is 0 Å². The van der Waals surface area contributed by atoms with Gasteiger partial charge in [0.25, 0.3) is 5.91 Å². The molecule has 8 nitrogen and oxygen atoms in total. The summed E-state index contributed by atoms with van der Waals surface area (Å²) in [5.41, 5.74) is 2.47. The van der Waals surface area contributed by atoms with Gasteiger partial charge in [-0.25, -0.2) is 9.67 Å². The number of aryl methyl sites for hydroxylation is 1. The second-order valence-electron chi connectivity index (χ2n) is 6.23. The van der Waals surface area contributed by atoms with Gasteiger partial charge in [0, 0.05) is 25.8 Å². The zero-order valence-electron chi connectivity index (χ0n) is 15.8. The average Bonchev–Trinajstić information content (AvgIpc) is 3.13. The number of pyridine rings is 1. The first-order chi connectivity index (χ1) is 13.5. The lowest BCUT2D eigenvalue weighted by molar-refractivity contribution is -0.137. The molecule has 0 bridgehead atoms. The highest BCUT2D eigenvalue weighted by Crippen LogP contribution is 2.26. The highest BCUT2D eigenvalue weighted by molar-refractivity contribution is 6.07. The Morgan fingerprint density at radius 3 is 2.64 bits per heavy atom. The van der Waals surface area contributed by atoms with Crippen LogP contribution in [0.15, 0.2) is 42.6 Å². The number of carbonyl (C=O) groups excluding carboxylic acids is 1. The Labute approximate surface area is 162 Å². The van der Waals surface area contributed by atoms with Crippen LogP contribution in [-0.4, -0.2) is 63.5 Å². The smallest absolute Gasteiger partial charge is 0.323 e. The van der Waals surface area contributed by atoms with E-state index in [1.54, 1.807) is 16.9 Å². The summed E-state index contributed by atoms with van der Waals surface area (Å²) in [4.78, 5) is 30.4. The molecule has 1 amide bonds. The molecule has 0 radical (unpaired) electrons. The molecule has 0 fully saturated rings. The number of rotatable bonds is 8. The third-order valence-corrected chi connectivity index (χ3v) is 4.39. The molecule has 1 N–H and O–H groups in total. The SMILES string of the molecule is CCn1ncc2c(C(=O)N(CCOC)CC(=O)O)cc(-c3ccccc3)nc21. The molecule has 3 rings (SSSR count). The monoisotopic (exact) mass is 382 g/mol. The van der Waals surface area contributed by atoms with Crippen molar-refractivity contribution in [3.63, 3.8) is 0 Å². The van der Waals surface area contributed by atoms with Crippen LogP contribution < -0.4 is 0 Å². The molecule has 0 unspecified atom stereocenters. The maximum Gasteiger partial charge on any atom is 0.323 e. The van der Waals surface area contributed by atoms with E-state index in [9.17, 15) is 14.7 Å². The van der Waals surface area contributed by atoms with Gasteiger partial charge >= 0.3 is 5.97 Å². The number of carboxylic acids is 1. The van der Waals surface area contributed by atoms with Gasteiger partial charge in [0.2, 0.25) is 0 Å². The van der Waals surface area contributed by atoms with Crippen molar-refractivity contribution in [2.45, 2.75) is 13.5 Å². The third kappa shape index (κ3) is 4.01. The molecular weight excluding hydrogens is 360 g/mol. The van der Waals surface area contributed by atoms with E-state index in [-0.39, 0.29) is 19.1 Å². The second kappa shape index (κ2) is 8.62. The van der Waals surface area contributed by atoms with E-state index in [4.69, 9.17) is 9.72 Å². The molecule has 1 aromatic carbocycles. The summed E-state index contributed by atoms with van der Waals surface area (Å²) in [6.45, 7) is 2.56. The number of hydrogen-bond donors (Lipinski definition) is 1. The topological polar surface area (TPSA) is 97.6 Å². The number of aromatic nitrogens is 3. The fourth-order valence-electron chi connectivity index (χ4n) is 3.00. The van der Waals surface area contributed by atoms with Gasteiger partial charge in [0.1, 0.15) is 6.54 Å². The molecule has 2 aromatic heterocycles. The predicted molar refractivity (Wildman–Crippen MR) is 104 cm³/mol. The van der Waals surface area contributed by atoms with E-state index >= 15 is 0 Å². The zero-order chi connectivity index (χ0) is 20.1. The summed E-state index contributed by atoms with van der Waals surface area (Å²) in [7, 11) is 1.51. The minimum atomic E-state index is -1.08. The van der Waals surface area contributed by atoms with Crippen molar-refractivity contribution in [1.82, 2.24) is 19.7 Å². The van der Waals surface area contributed by atoms with Gasteiger partial charge < -0.3 is 14.7 Å². The fourth-order valence-corrected chi connectivity index (χ4v) is 3.00. The van der Waals surface area contributed by atoms with Gasteiger partial charge in [-0.15, -0.1) is 0 Å². The van der Waals surface area contributed by atoms with Crippen molar-refractivity contribution in [3.8, 4) is 11.3 Å². The van der Waals surface area contributed by atoms with E-state index in [2.05, 4.69) is 5.10 Å². The van der Waals surface area contributed by atoms with Crippen molar-refractivity contribution >= 4 is 22.9 Å². The molecule has 0 saturated carbocycles. The second-order valence-corrected chi connectivity index (χ2v) is 6.23. The van der Waals surface area contributed by atoms with E-state index in [1.165, 1.54) is 12.0 Å². The molecule has 8 heteroatoms. The lowest BCUT2D eigenvalue weighted by atomic mass is 10.1. The van der Waals surface area contributed by atoms with Crippen molar-refractivity contribution in [1.29, 1.82) is 0 Å². The Bertz CT molecular complexity index is 985. The van der Waals surface area contributed by atoms with Crippen molar-refractivity contribution in [2.75, 3.05) is 26.8 Å². The minimum Gasteiger partial charge on any atom is -0.480 e. The number of carboxylic acid groups (broad SMARTS) is 1. The van der Waals surface area contributed by atoms with Gasteiger partial charge in [-0.1, -0.05) is 30.3 Å². The summed E-state index contributed by atoms with van der Waals surface area (Å²) in [6, 6.07) is 11.2. The summed E-state index contributed by atoms with van der Waals surface area (Å²) in [5.74, 6) is -1.47. The first-order valence-electron chi connectivity index (χ1n) is 8.97. The summed E-state index contributed by atoms with van der Waals surface area (Å²) in [5, 5.41) is 14.1. The highest BCUT2D eigenvalue weighted by atomic mass is 16.5. The van der Waals surface area contributed by atoms with Gasteiger partial charge in [-0.2, -0.15) is 5.10 Å². The standard InChI is InChI=1S/C20H22N4O4/c1-3-24-19-16(12-21-24)15(11-17(22-19)14-7-5-4-6-8-14)20(27)23(9-10-28-2)13-18(25)26/h4-8,11-12H,3,9-10,13H2,1-2H3,(H,25,26). The van der Waals surface area contributed by atoms with E-state index in [1.807, 2.05) is 37.3 Å². The quantitative estimate of drug-likeness (QED) is 0.642. The van der Waals surface area contributed by atoms with Gasteiger partial charge in [-0.05, 0) is 13.0 Å². The molecule has 0 aliphatic carbocycles. The van der Waals surface area contributed by atoms with Crippen LogP contribution in [0.4, 0.5) is 0 Å². The Kier molecular flexibility index (Phi) is 6.00. The van der Waals surface area contributed by atoms with Crippen LogP contribution in [0.3, 0.4) is 0 Å². The summed E-state index contributed by atoms with van der Waals surface area (Å²) in [6.07, 6.45) is 1.60.